The van der Waals surface area contributed by atoms with Crippen LogP contribution in [0.25, 0.3) is 11.4 Å². The zero-order valence-electron chi connectivity index (χ0n) is 15.6. The van der Waals surface area contributed by atoms with E-state index < -0.39 is 5.82 Å². The van der Waals surface area contributed by atoms with Gasteiger partial charge >= 0.3 is 0 Å². The Bertz CT molecular complexity index is 1200. The second kappa shape index (κ2) is 7.64. The zero-order chi connectivity index (χ0) is 20.5. The van der Waals surface area contributed by atoms with E-state index in [1.54, 1.807) is 35.8 Å². The fourth-order valence-electron chi connectivity index (χ4n) is 3.28. The van der Waals surface area contributed by atoms with Gasteiger partial charge in [-0.3, -0.25) is 4.79 Å². The molecule has 0 saturated heterocycles. The summed E-state index contributed by atoms with van der Waals surface area (Å²) in [7, 11) is 0. The smallest absolute Gasteiger partial charge is 0.267 e. The number of hydrogen-bond donors (Lipinski definition) is 0. The molecule has 0 spiro atoms. The van der Waals surface area contributed by atoms with E-state index in [0.717, 1.165) is 10.6 Å². The Kier molecular flexibility index (Phi) is 4.68. The summed E-state index contributed by atoms with van der Waals surface area (Å²) in [5.74, 6) is 0.208. The highest BCUT2D eigenvalue weighted by atomic mass is 32.1. The summed E-state index contributed by atoms with van der Waals surface area (Å²) < 4.78 is 19.0. The number of rotatable bonds is 5. The predicted octanol–water partition coefficient (Wildman–Crippen LogP) is 3.51. The summed E-state index contributed by atoms with van der Waals surface area (Å²) >= 11 is 1.57. The van der Waals surface area contributed by atoms with E-state index in [2.05, 4.69) is 20.5 Å². The molecule has 10 heteroatoms. The topological polar surface area (TPSA) is 89.4 Å². The van der Waals surface area contributed by atoms with Gasteiger partial charge in [-0.25, -0.2) is 9.40 Å². The van der Waals surface area contributed by atoms with E-state index in [0.29, 0.717) is 17.7 Å². The minimum absolute atomic E-state index is 0.152. The van der Waals surface area contributed by atoms with Gasteiger partial charge in [0.25, 0.3) is 5.91 Å². The molecule has 1 atom stereocenters. The second-order valence-electron chi connectivity index (χ2n) is 6.65. The van der Waals surface area contributed by atoms with E-state index in [-0.39, 0.29) is 24.3 Å². The van der Waals surface area contributed by atoms with Gasteiger partial charge in [0, 0.05) is 12.0 Å². The molecule has 1 unspecified atom stereocenters. The lowest BCUT2D eigenvalue weighted by atomic mass is 10.1. The molecule has 4 aromatic rings. The molecule has 4 heterocycles. The van der Waals surface area contributed by atoms with Crippen LogP contribution in [0.3, 0.4) is 0 Å². The van der Waals surface area contributed by atoms with Crippen LogP contribution in [-0.4, -0.2) is 36.8 Å². The molecule has 1 aromatic carbocycles. The molecule has 1 amide bonds. The Morgan fingerprint density at radius 2 is 2.17 bits per heavy atom. The largest absolute Gasteiger partial charge is 0.467 e. The SMILES string of the molecule is O=C(Cn1nnc(-c2cccc(F)c2)n1)N1N=C(c2cccs2)CC1c1ccco1. The average molecular weight is 422 g/mol. The van der Waals surface area contributed by atoms with Crippen LogP contribution in [0.4, 0.5) is 4.39 Å². The lowest BCUT2D eigenvalue weighted by Gasteiger charge is -2.19. The molecule has 8 nitrogen and oxygen atoms in total. The molecule has 30 heavy (non-hydrogen) atoms. The van der Waals surface area contributed by atoms with Gasteiger partial charge in [-0.15, -0.1) is 21.5 Å². The third kappa shape index (κ3) is 3.52. The van der Waals surface area contributed by atoms with Gasteiger partial charge in [0.1, 0.15) is 24.2 Å². The van der Waals surface area contributed by atoms with Crippen LogP contribution in [0.15, 0.2) is 69.7 Å². The summed E-state index contributed by atoms with van der Waals surface area (Å²) in [5.41, 5.74) is 1.31. The van der Waals surface area contributed by atoms with Crippen LogP contribution in [0.1, 0.15) is 23.1 Å². The lowest BCUT2D eigenvalue weighted by Crippen LogP contribution is -2.31. The highest BCUT2D eigenvalue weighted by molar-refractivity contribution is 7.12. The number of hydrazone groups is 1. The van der Waals surface area contributed by atoms with Crippen LogP contribution in [0.5, 0.6) is 0 Å². The van der Waals surface area contributed by atoms with Crippen molar-refractivity contribution in [2.45, 2.75) is 19.0 Å². The summed E-state index contributed by atoms with van der Waals surface area (Å²) in [6.45, 7) is -0.152. The first-order valence-electron chi connectivity index (χ1n) is 9.18. The molecule has 5 rings (SSSR count). The van der Waals surface area contributed by atoms with E-state index in [4.69, 9.17) is 4.42 Å². The number of carbonyl (C=O) groups is 1. The first-order chi connectivity index (χ1) is 14.7. The number of thiophene rings is 1. The maximum absolute atomic E-state index is 13.4. The lowest BCUT2D eigenvalue weighted by molar-refractivity contribution is -0.134. The van der Waals surface area contributed by atoms with E-state index in [1.807, 2.05) is 23.6 Å². The Balaban J connectivity index is 1.38. The van der Waals surface area contributed by atoms with Gasteiger partial charge in [0.05, 0.1) is 16.9 Å². The summed E-state index contributed by atoms with van der Waals surface area (Å²) in [5, 5.41) is 20.0. The van der Waals surface area contributed by atoms with Crippen molar-refractivity contribution in [3.05, 3.63) is 76.6 Å². The molecule has 3 aromatic heterocycles. The number of amides is 1. The Morgan fingerprint density at radius 1 is 1.23 bits per heavy atom. The third-order valence-corrected chi connectivity index (χ3v) is 5.57. The molecule has 0 saturated carbocycles. The van der Waals surface area contributed by atoms with Gasteiger partial charge in [0.2, 0.25) is 5.82 Å². The van der Waals surface area contributed by atoms with Crippen molar-refractivity contribution in [3.8, 4) is 11.4 Å². The maximum atomic E-state index is 13.4. The van der Waals surface area contributed by atoms with Crippen LogP contribution in [0, 0.1) is 5.82 Å². The number of tetrazole rings is 1. The molecule has 0 bridgehead atoms. The average Bonchev–Trinajstić information content (AvgIpc) is 3.54. The van der Waals surface area contributed by atoms with Crippen molar-refractivity contribution in [1.82, 2.24) is 25.2 Å². The fourth-order valence-corrected chi connectivity index (χ4v) is 4.00. The van der Waals surface area contributed by atoms with Crippen molar-refractivity contribution < 1.29 is 13.6 Å². The zero-order valence-corrected chi connectivity index (χ0v) is 16.4. The highest BCUT2D eigenvalue weighted by Gasteiger charge is 2.35. The van der Waals surface area contributed by atoms with Crippen molar-refractivity contribution >= 4 is 23.0 Å². The first-order valence-corrected chi connectivity index (χ1v) is 10.1. The number of hydrogen-bond acceptors (Lipinski definition) is 7. The monoisotopic (exact) mass is 422 g/mol. The number of furan rings is 1. The van der Waals surface area contributed by atoms with Crippen LogP contribution in [-0.2, 0) is 11.3 Å². The van der Waals surface area contributed by atoms with Gasteiger partial charge in [-0.1, -0.05) is 18.2 Å². The van der Waals surface area contributed by atoms with Crippen LogP contribution in [0.2, 0.25) is 0 Å². The molecule has 0 fully saturated rings. The number of nitrogens with zero attached hydrogens (tertiary/aromatic N) is 6. The number of carbonyl (C=O) groups excluding carboxylic acids is 1. The molecule has 150 valence electrons. The molecule has 1 aliphatic rings. The molecule has 1 aliphatic heterocycles. The van der Waals surface area contributed by atoms with E-state index >= 15 is 0 Å². The van der Waals surface area contributed by atoms with Crippen LogP contribution < -0.4 is 0 Å². The van der Waals surface area contributed by atoms with Gasteiger partial charge in [-0.2, -0.15) is 9.90 Å². The highest BCUT2D eigenvalue weighted by Crippen LogP contribution is 2.34. The van der Waals surface area contributed by atoms with Crippen molar-refractivity contribution in [3.63, 3.8) is 0 Å². The second-order valence-corrected chi connectivity index (χ2v) is 7.60. The minimum Gasteiger partial charge on any atom is -0.467 e. The van der Waals surface area contributed by atoms with Gasteiger partial charge < -0.3 is 4.42 Å². The normalized spacial score (nSPS) is 16.1. The quantitative estimate of drug-likeness (QED) is 0.491. The standard InChI is InChI=1S/C20H15FN6O2S/c21-14-5-1-4-13(10-14)20-22-25-26(24-20)12-19(28)27-16(17-6-2-8-29-17)11-15(23-27)18-7-3-9-30-18/h1-10,16H,11-12H2. The maximum Gasteiger partial charge on any atom is 0.267 e. The molecule has 0 radical (unpaired) electrons. The molecular weight excluding hydrogens is 407 g/mol. The summed E-state index contributed by atoms with van der Waals surface area (Å²) in [6.07, 6.45) is 2.13. The van der Waals surface area contributed by atoms with Crippen molar-refractivity contribution in [2.24, 2.45) is 5.10 Å². The van der Waals surface area contributed by atoms with Crippen LogP contribution >= 0.6 is 11.3 Å². The number of benzene rings is 1. The Morgan fingerprint density at radius 3 is 2.93 bits per heavy atom. The minimum atomic E-state index is -0.395. The van der Waals surface area contributed by atoms with E-state index in [9.17, 15) is 9.18 Å². The van der Waals surface area contributed by atoms with E-state index in [1.165, 1.54) is 21.9 Å². The predicted molar refractivity (Wildman–Crippen MR) is 107 cm³/mol. The molecule has 0 aliphatic carbocycles. The number of aromatic nitrogens is 4. The van der Waals surface area contributed by atoms with Crippen molar-refractivity contribution in [2.75, 3.05) is 0 Å². The molecular formula is C20H15FN6O2S. The summed E-state index contributed by atoms with van der Waals surface area (Å²) in [4.78, 5) is 15.2. The van der Waals surface area contributed by atoms with Gasteiger partial charge in [-0.05, 0) is 40.9 Å². The number of halogens is 1. The van der Waals surface area contributed by atoms with Gasteiger partial charge in [0.15, 0.2) is 0 Å². The fraction of sp³-hybridized carbons (Fsp3) is 0.150. The third-order valence-electron chi connectivity index (χ3n) is 4.66. The van der Waals surface area contributed by atoms with Crippen molar-refractivity contribution in [1.29, 1.82) is 0 Å². The Labute approximate surface area is 174 Å². The Hall–Kier alpha value is -3.66. The molecule has 0 N–H and O–H groups in total. The first kappa shape index (κ1) is 18.4. The summed E-state index contributed by atoms with van der Waals surface area (Å²) in [6, 6.07) is 13.1.